The lowest BCUT2D eigenvalue weighted by molar-refractivity contribution is 1.15. The molecule has 0 amide bonds. The molecule has 0 fully saturated rings. The summed E-state index contributed by atoms with van der Waals surface area (Å²) in [6, 6.07) is 1.83. The molecule has 0 saturated carbocycles. The highest BCUT2D eigenvalue weighted by atomic mass is 35.5. The maximum Gasteiger partial charge on any atom is 0.0645 e. The third-order valence-electron chi connectivity index (χ3n) is 1.91. The van der Waals surface area contributed by atoms with Crippen molar-refractivity contribution in [2.75, 3.05) is 0 Å². The quantitative estimate of drug-likeness (QED) is 0.507. The van der Waals surface area contributed by atoms with E-state index in [0.717, 1.165) is 16.7 Å². The van der Waals surface area contributed by atoms with Gasteiger partial charge in [0, 0.05) is 5.02 Å². The first-order valence-electron chi connectivity index (χ1n) is 4.20. The molecule has 1 aromatic carbocycles. The third kappa shape index (κ3) is 2.44. The van der Waals surface area contributed by atoms with Crippen molar-refractivity contribution in [3.63, 3.8) is 0 Å². The molecule has 76 valence electrons. The van der Waals surface area contributed by atoms with Crippen LogP contribution in [-0.2, 0) is 6.42 Å². The maximum atomic E-state index is 6.09. The second-order valence-corrected chi connectivity index (χ2v) is 4.58. The molecule has 0 radical (unpaired) electrons. The fourth-order valence-corrected chi connectivity index (χ4v) is 2.07. The number of benzene rings is 1. The minimum Gasteiger partial charge on any atom is -0.0998 e. The Morgan fingerprint density at radius 2 is 1.86 bits per heavy atom. The van der Waals surface area contributed by atoms with Crippen molar-refractivity contribution in [2.24, 2.45) is 0 Å². The summed E-state index contributed by atoms with van der Waals surface area (Å²) in [5.74, 6) is 0. The Morgan fingerprint density at radius 3 is 2.36 bits per heavy atom. The second kappa shape index (κ2) is 4.57. The molecule has 0 saturated heterocycles. The monoisotopic (exact) mass is 248 g/mol. The Kier molecular flexibility index (Phi) is 3.88. The molecular formula is C11H11Cl3. The molecule has 0 unspecified atom stereocenters. The number of allylic oxidation sites excluding steroid dienone is 1. The summed E-state index contributed by atoms with van der Waals surface area (Å²) < 4.78 is 0. The van der Waals surface area contributed by atoms with Crippen LogP contribution in [0.15, 0.2) is 18.2 Å². The first-order chi connectivity index (χ1) is 6.43. The Bertz CT molecular complexity index is 381. The molecule has 1 rings (SSSR count). The summed E-state index contributed by atoms with van der Waals surface area (Å²) >= 11 is 18.2. The van der Waals surface area contributed by atoms with Crippen LogP contribution in [0.3, 0.4) is 0 Å². The smallest absolute Gasteiger partial charge is 0.0645 e. The minimum atomic E-state index is 0.541. The summed E-state index contributed by atoms with van der Waals surface area (Å²) in [5.41, 5.74) is 2.76. The van der Waals surface area contributed by atoms with Crippen molar-refractivity contribution in [1.82, 2.24) is 0 Å². The highest BCUT2D eigenvalue weighted by molar-refractivity contribution is 6.44. The molecule has 0 atom stereocenters. The zero-order valence-corrected chi connectivity index (χ0v) is 10.4. The molecule has 0 bridgehead atoms. The van der Waals surface area contributed by atoms with Gasteiger partial charge in [0.1, 0.15) is 0 Å². The van der Waals surface area contributed by atoms with Gasteiger partial charge in [-0.3, -0.25) is 0 Å². The van der Waals surface area contributed by atoms with Gasteiger partial charge in [0.05, 0.1) is 10.0 Å². The van der Waals surface area contributed by atoms with E-state index in [2.05, 4.69) is 6.58 Å². The summed E-state index contributed by atoms with van der Waals surface area (Å²) in [7, 11) is 0. The topological polar surface area (TPSA) is 0 Å². The first kappa shape index (κ1) is 11.9. The average molecular weight is 250 g/mol. The summed E-state index contributed by atoms with van der Waals surface area (Å²) in [5, 5.41) is 1.77. The van der Waals surface area contributed by atoms with Crippen molar-refractivity contribution >= 4 is 34.8 Å². The molecule has 1 aromatic rings. The van der Waals surface area contributed by atoms with Crippen LogP contribution in [-0.4, -0.2) is 0 Å². The van der Waals surface area contributed by atoms with Crippen LogP contribution in [0, 0.1) is 6.92 Å². The SMILES string of the molecule is C=C(C)Cc1c(Cl)cc(C)c(Cl)c1Cl. The molecule has 0 nitrogen and oxygen atoms in total. The van der Waals surface area contributed by atoms with Crippen molar-refractivity contribution in [3.05, 3.63) is 44.4 Å². The molecule has 0 aromatic heterocycles. The van der Waals surface area contributed by atoms with Crippen molar-refractivity contribution in [3.8, 4) is 0 Å². The van der Waals surface area contributed by atoms with Gasteiger partial charge in [-0.1, -0.05) is 47.0 Å². The van der Waals surface area contributed by atoms with Gasteiger partial charge in [0.15, 0.2) is 0 Å². The van der Waals surface area contributed by atoms with Crippen LogP contribution in [0.5, 0.6) is 0 Å². The van der Waals surface area contributed by atoms with E-state index in [1.54, 1.807) is 0 Å². The Balaban J connectivity index is 3.29. The highest BCUT2D eigenvalue weighted by Gasteiger charge is 2.12. The van der Waals surface area contributed by atoms with Crippen LogP contribution in [0.25, 0.3) is 0 Å². The van der Waals surface area contributed by atoms with Crippen LogP contribution in [0.2, 0.25) is 15.1 Å². The molecule has 14 heavy (non-hydrogen) atoms. The van der Waals surface area contributed by atoms with Gasteiger partial charge in [0.2, 0.25) is 0 Å². The predicted octanol–water partition coefficient (Wildman–Crippen LogP) is 5.07. The number of rotatable bonds is 2. The van der Waals surface area contributed by atoms with Gasteiger partial charge >= 0.3 is 0 Å². The van der Waals surface area contributed by atoms with Crippen LogP contribution in [0.4, 0.5) is 0 Å². The van der Waals surface area contributed by atoms with E-state index in [1.807, 2.05) is 19.9 Å². The molecule has 0 aliphatic carbocycles. The van der Waals surface area contributed by atoms with Crippen molar-refractivity contribution < 1.29 is 0 Å². The summed E-state index contributed by atoms with van der Waals surface area (Å²) in [6.45, 7) is 7.63. The normalized spacial score (nSPS) is 10.4. The lowest BCUT2D eigenvalue weighted by atomic mass is 10.1. The zero-order chi connectivity index (χ0) is 10.9. The van der Waals surface area contributed by atoms with Gasteiger partial charge in [0.25, 0.3) is 0 Å². The fraction of sp³-hybridized carbons (Fsp3) is 0.273. The Morgan fingerprint density at radius 1 is 1.29 bits per heavy atom. The molecule has 3 heteroatoms. The van der Waals surface area contributed by atoms with Crippen LogP contribution in [0.1, 0.15) is 18.1 Å². The number of hydrogen-bond acceptors (Lipinski definition) is 0. The number of halogens is 3. The van der Waals surface area contributed by atoms with Crippen LogP contribution < -0.4 is 0 Å². The second-order valence-electron chi connectivity index (χ2n) is 3.42. The maximum absolute atomic E-state index is 6.09. The Hall–Kier alpha value is -0.170. The van der Waals surface area contributed by atoms with Crippen molar-refractivity contribution in [1.29, 1.82) is 0 Å². The van der Waals surface area contributed by atoms with Gasteiger partial charge in [-0.25, -0.2) is 0 Å². The van der Waals surface area contributed by atoms with E-state index in [0.29, 0.717) is 21.5 Å². The van der Waals surface area contributed by atoms with Crippen molar-refractivity contribution in [2.45, 2.75) is 20.3 Å². The Labute approximate surface area is 99.5 Å². The first-order valence-corrected chi connectivity index (χ1v) is 5.34. The van der Waals surface area contributed by atoms with E-state index in [1.165, 1.54) is 0 Å². The van der Waals surface area contributed by atoms with E-state index in [9.17, 15) is 0 Å². The number of aryl methyl sites for hydroxylation is 1. The molecule has 0 aliphatic heterocycles. The largest absolute Gasteiger partial charge is 0.0998 e. The molecular weight excluding hydrogens is 238 g/mol. The third-order valence-corrected chi connectivity index (χ3v) is 3.25. The van der Waals surface area contributed by atoms with Crippen LogP contribution >= 0.6 is 34.8 Å². The minimum absolute atomic E-state index is 0.541. The average Bonchev–Trinajstić information content (AvgIpc) is 2.09. The van der Waals surface area contributed by atoms with Gasteiger partial charge in [-0.15, -0.1) is 0 Å². The van der Waals surface area contributed by atoms with E-state index in [-0.39, 0.29) is 0 Å². The predicted molar refractivity (Wildman–Crippen MR) is 64.7 cm³/mol. The zero-order valence-electron chi connectivity index (χ0n) is 8.13. The lowest BCUT2D eigenvalue weighted by Crippen LogP contribution is -1.92. The van der Waals surface area contributed by atoms with E-state index < -0.39 is 0 Å². The summed E-state index contributed by atoms with van der Waals surface area (Å²) in [4.78, 5) is 0. The molecule has 0 N–H and O–H groups in total. The fourth-order valence-electron chi connectivity index (χ4n) is 1.21. The van der Waals surface area contributed by atoms with E-state index in [4.69, 9.17) is 34.8 Å². The number of hydrogen-bond donors (Lipinski definition) is 0. The molecule has 0 spiro atoms. The van der Waals surface area contributed by atoms with E-state index >= 15 is 0 Å². The standard InChI is InChI=1S/C11H11Cl3/c1-6(2)4-8-9(12)5-7(3)10(13)11(8)14/h5H,1,4H2,2-3H3. The summed E-state index contributed by atoms with van der Waals surface area (Å²) in [6.07, 6.45) is 0.664. The highest BCUT2D eigenvalue weighted by Crippen LogP contribution is 2.35. The van der Waals surface area contributed by atoms with Gasteiger partial charge in [-0.05, 0) is 37.5 Å². The lowest BCUT2D eigenvalue weighted by Gasteiger charge is -2.10. The van der Waals surface area contributed by atoms with Gasteiger partial charge < -0.3 is 0 Å². The molecule has 0 heterocycles. The molecule has 0 aliphatic rings. The van der Waals surface area contributed by atoms with Gasteiger partial charge in [-0.2, -0.15) is 0 Å².